The van der Waals surface area contributed by atoms with Gasteiger partial charge in [-0.25, -0.2) is 4.79 Å². The molecule has 2 rings (SSSR count). The number of benzene rings is 1. The van der Waals surface area contributed by atoms with Gasteiger partial charge in [0.15, 0.2) is 0 Å². The van der Waals surface area contributed by atoms with E-state index in [1.54, 1.807) is 31.3 Å². The monoisotopic (exact) mass is 289 g/mol. The predicted octanol–water partition coefficient (Wildman–Crippen LogP) is 2.89. The van der Waals surface area contributed by atoms with Crippen molar-refractivity contribution >= 4 is 17.6 Å². The Bertz CT molecular complexity index is 494. The molecule has 5 heteroatoms. The zero-order valence-corrected chi connectivity index (χ0v) is 12.4. The summed E-state index contributed by atoms with van der Waals surface area (Å²) in [5, 5.41) is 8.39. The molecular formula is C16H23N3O2. The molecule has 0 unspecified atom stereocenters. The third kappa shape index (κ3) is 4.77. The zero-order valence-electron chi connectivity index (χ0n) is 12.4. The Morgan fingerprint density at radius 2 is 1.81 bits per heavy atom. The van der Waals surface area contributed by atoms with Gasteiger partial charge in [0.1, 0.15) is 0 Å². The molecule has 0 radical (unpaired) electrons. The van der Waals surface area contributed by atoms with Crippen LogP contribution in [0.25, 0.3) is 0 Å². The Morgan fingerprint density at radius 3 is 2.48 bits per heavy atom. The number of hydrogen-bond donors (Lipinski definition) is 3. The van der Waals surface area contributed by atoms with Crippen LogP contribution in [0.5, 0.6) is 0 Å². The van der Waals surface area contributed by atoms with Crippen molar-refractivity contribution in [2.24, 2.45) is 0 Å². The first-order chi connectivity index (χ1) is 10.2. The van der Waals surface area contributed by atoms with E-state index in [4.69, 9.17) is 0 Å². The number of rotatable bonds is 3. The molecule has 1 fully saturated rings. The van der Waals surface area contributed by atoms with Gasteiger partial charge in [-0.2, -0.15) is 0 Å². The van der Waals surface area contributed by atoms with Crippen LogP contribution < -0.4 is 16.0 Å². The molecule has 1 aromatic carbocycles. The highest BCUT2D eigenvalue weighted by molar-refractivity contribution is 5.96. The molecule has 1 aromatic rings. The van der Waals surface area contributed by atoms with Crippen LogP contribution in [0.4, 0.5) is 10.5 Å². The van der Waals surface area contributed by atoms with Crippen LogP contribution in [-0.4, -0.2) is 25.0 Å². The van der Waals surface area contributed by atoms with Crippen molar-refractivity contribution in [2.45, 2.75) is 44.6 Å². The van der Waals surface area contributed by atoms with Crippen LogP contribution in [0.15, 0.2) is 24.3 Å². The number of carbonyl (C=O) groups is 2. The largest absolute Gasteiger partial charge is 0.355 e. The van der Waals surface area contributed by atoms with Gasteiger partial charge < -0.3 is 16.0 Å². The molecule has 0 aromatic heterocycles. The summed E-state index contributed by atoms with van der Waals surface area (Å²) >= 11 is 0. The average molecular weight is 289 g/mol. The van der Waals surface area contributed by atoms with Gasteiger partial charge in [-0.05, 0) is 31.0 Å². The lowest BCUT2D eigenvalue weighted by atomic mass is 10.1. The first-order valence-electron chi connectivity index (χ1n) is 7.58. The van der Waals surface area contributed by atoms with Crippen molar-refractivity contribution in [1.82, 2.24) is 10.6 Å². The van der Waals surface area contributed by atoms with Gasteiger partial charge in [0, 0.05) is 24.3 Å². The van der Waals surface area contributed by atoms with Crippen LogP contribution in [0.3, 0.4) is 0 Å². The van der Waals surface area contributed by atoms with E-state index >= 15 is 0 Å². The fourth-order valence-corrected chi connectivity index (χ4v) is 2.66. The highest BCUT2D eigenvalue weighted by Gasteiger charge is 2.14. The molecule has 0 bridgehead atoms. The van der Waals surface area contributed by atoms with Gasteiger partial charge in [-0.1, -0.05) is 31.7 Å². The highest BCUT2D eigenvalue weighted by Crippen LogP contribution is 2.17. The molecule has 0 spiro atoms. The Morgan fingerprint density at radius 1 is 1.10 bits per heavy atom. The Balaban J connectivity index is 1.91. The van der Waals surface area contributed by atoms with Gasteiger partial charge >= 0.3 is 6.03 Å². The molecule has 0 aliphatic heterocycles. The number of nitrogens with one attached hydrogen (secondary N) is 3. The molecule has 0 heterocycles. The van der Waals surface area contributed by atoms with Crippen LogP contribution >= 0.6 is 0 Å². The summed E-state index contributed by atoms with van der Waals surface area (Å²) in [5.74, 6) is -0.164. The highest BCUT2D eigenvalue weighted by atomic mass is 16.2. The third-order valence-electron chi connectivity index (χ3n) is 3.80. The molecule has 1 saturated carbocycles. The molecule has 0 atom stereocenters. The molecule has 1 aliphatic rings. The zero-order chi connectivity index (χ0) is 15.1. The molecule has 5 nitrogen and oxygen atoms in total. The topological polar surface area (TPSA) is 70.2 Å². The lowest BCUT2D eigenvalue weighted by Crippen LogP contribution is -2.37. The summed E-state index contributed by atoms with van der Waals surface area (Å²) in [6, 6.07) is 6.98. The van der Waals surface area contributed by atoms with Crippen molar-refractivity contribution in [3.8, 4) is 0 Å². The van der Waals surface area contributed by atoms with Crippen molar-refractivity contribution < 1.29 is 9.59 Å². The summed E-state index contributed by atoms with van der Waals surface area (Å²) < 4.78 is 0. The standard InChI is InChI=1S/C16H23N3O2/c1-17-15(20)12-7-6-10-14(11-12)19-16(21)18-13-8-4-2-3-5-9-13/h6-7,10-11,13H,2-5,8-9H2,1H3,(H,17,20)(H2,18,19,21). The van der Waals surface area contributed by atoms with E-state index in [9.17, 15) is 9.59 Å². The lowest BCUT2D eigenvalue weighted by Gasteiger charge is -2.17. The van der Waals surface area contributed by atoms with Crippen molar-refractivity contribution in [1.29, 1.82) is 0 Å². The molecule has 0 saturated heterocycles. The van der Waals surface area contributed by atoms with Gasteiger partial charge in [0.2, 0.25) is 0 Å². The Kier molecular flexibility index (Phi) is 5.60. The third-order valence-corrected chi connectivity index (χ3v) is 3.80. The average Bonchev–Trinajstić information content (AvgIpc) is 2.75. The first-order valence-corrected chi connectivity index (χ1v) is 7.58. The summed E-state index contributed by atoms with van der Waals surface area (Å²) in [6.07, 6.45) is 6.97. The molecule has 3 N–H and O–H groups in total. The quantitative estimate of drug-likeness (QED) is 0.749. The van der Waals surface area contributed by atoms with Gasteiger partial charge in [0.05, 0.1) is 0 Å². The van der Waals surface area contributed by atoms with Crippen molar-refractivity contribution in [3.63, 3.8) is 0 Å². The minimum Gasteiger partial charge on any atom is -0.355 e. The summed E-state index contributed by atoms with van der Waals surface area (Å²) in [4.78, 5) is 23.6. The van der Waals surface area contributed by atoms with Crippen LogP contribution in [0, 0.1) is 0 Å². The Labute approximate surface area is 125 Å². The molecule has 21 heavy (non-hydrogen) atoms. The van der Waals surface area contributed by atoms with E-state index in [1.165, 1.54) is 25.7 Å². The molecular weight excluding hydrogens is 266 g/mol. The maximum atomic E-state index is 12.0. The van der Waals surface area contributed by atoms with E-state index in [-0.39, 0.29) is 18.0 Å². The molecule has 1 aliphatic carbocycles. The Hall–Kier alpha value is -2.04. The van der Waals surface area contributed by atoms with E-state index in [2.05, 4.69) is 16.0 Å². The second-order valence-corrected chi connectivity index (χ2v) is 5.45. The van der Waals surface area contributed by atoms with Crippen LogP contribution in [-0.2, 0) is 0 Å². The lowest BCUT2D eigenvalue weighted by molar-refractivity contribution is 0.0963. The van der Waals surface area contributed by atoms with Crippen molar-refractivity contribution in [3.05, 3.63) is 29.8 Å². The van der Waals surface area contributed by atoms with E-state index < -0.39 is 0 Å². The van der Waals surface area contributed by atoms with Gasteiger partial charge in [-0.15, -0.1) is 0 Å². The van der Waals surface area contributed by atoms with Gasteiger partial charge in [0.25, 0.3) is 5.91 Å². The SMILES string of the molecule is CNC(=O)c1cccc(NC(=O)NC2CCCCCC2)c1. The summed E-state index contributed by atoms with van der Waals surface area (Å²) in [5.41, 5.74) is 1.16. The number of urea groups is 1. The number of carbonyl (C=O) groups excluding carboxylic acids is 2. The molecule has 114 valence electrons. The predicted molar refractivity (Wildman–Crippen MR) is 83.5 cm³/mol. The minimum atomic E-state index is -0.198. The van der Waals surface area contributed by atoms with E-state index in [0.29, 0.717) is 11.3 Å². The second-order valence-electron chi connectivity index (χ2n) is 5.45. The van der Waals surface area contributed by atoms with E-state index in [0.717, 1.165) is 12.8 Å². The maximum Gasteiger partial charge on any atom is 0.319 e. The molecule has 3 amide bonds. The first kappa shape index (κ1) is 15.4. The van der Waals surface area contributed by atoms with Gasteiger partial charge in [-0.3, -0.25) is 4.79 Å². The fourth-order valence-electron chi connectivity index (χ4n) is 2.66. The normalized spacial score (nSPS) is 15.9. The number of hydrogen-bond acceptors (Lipinski definition) is 2. The summed E-state index contributed by atoms with van der Waals surface area (Å²) in [7, 11) is 1.58. The smallest absolute Gasteiger partial charge is 0.319 e. The number of anilines is 1. The number of amides is 3. The van der Waals surface area contributed by atoms with Crippen molar-refractivity contribution in [2.75, 3.05) is 12.4 Å². The van der Waals surface area contributed by atoms with Crippen LogP contribution in [0.2, 0.25) is 0 Å². The van der Waals surface area contributed by atoms with Crippen LogP contribution in [0.1, 0.15) is 48.9 Å². The summed E-state index contributed by atoms with van der Waals surface area (Å²) in [6.45, 7) is 0. The minimum absolute atomic E-state index is 0.164. The second kappa shape index (κ2) is 7.67. The van der Waals surface area contributed by atoms with E-state index in [1.807, 2.05) is 0 Å². The maximum absolute atomic E-state index is 12.0. The fraction of sp³-hybridized carbons (Fsp3) is 0.500.